The molecular weight excluding hydrogens is 264 g/mol. The van der Waals surface area contributed by atoms with Crippen molar-refractivity contribution >= 4 is 11.6 Å². The topological polar surface area (TPSA) is 50.4 Å². The van der Waals surface area contributed by atoms with E-state index < -0.39 is 0 Å². The maximum Gasteiger partial charge on any atom is 0.255 e. The molecule has 2 N–H and O–H groups in total. The number of nitrogens with one attached hydrogen (secondary N) is 2. The van der Waals surface area contributed by atoms with Crippen molar-refractivity contribution < 1.29 is 9.53 Å². The third kappa shape index (κ3) is 2.71. The quantitative estimate of drug-likeness (QED) is 0.899. The second-order valence-electron chi connectivity index (χ2n) is 6.14. The van der Waals surface area contributed by atoms with Crippen molar-refractivity contribution in [1.82, 2.24) is 5.32 Å². The SMILES string of the molecule is CCC1CCC(NC(=O)c2cccc3c2OCCN3)C1C. The van der Waals surface area contributed by atoms with Crippen molar-refractivity contribution in [1.29, 1.82) is 0 Å². The highest BCUT2D eigenvalue weighted by atomic mass is 16.5. The summed E-state index contributed by atoms with van der Waals surface area (Å²) in [6.07, 6.45) is 3.49. The smallest absolute Gasteiger partial charge is 0.255 e. The average molecular weight is 288 g/mol. The van der Waals surface area contributed by atoms with Crippen LogP contribution in [0.4, 0.5) is 5.69 Å². The third-order valence-corrected chi connectivity index (χ3v) is 4.99. The number of hydrogen-bond acceptors (Lipinski definition) is 3. The van der Waals surface area contributed by atoms with E-state index in [0.29, 0.717) is 23.8 Å². The standard InChI is InChI=1S/C17H24N2O2/c1-3-12-7-8-14(11(12)2)19-17(20)13-5-4-6-15-16(13)21-10-9-18-15/h4-6,11-12,14,18H,3,7-10H2,1-2H3,(H,19,20). The molecule has 0 bridgehead atoms. The van der Waals surface area contributed by atoms with Gasteiger partial charge in [0.25, 0.3) is 5.91 Å². The fourth-order valence-corrected chi connectivity index (χ4v) is 3.62. The summed E-state index contributed by atoms with van der Waals surface area (Å²) < 4.78 is 5.69. The lowest BCUT2D eigenvalue weighted by Crippen LogP contribution is -2.38. The van der Waals surface area contributed by atoms with E-state index in [4.69, 9.17) is 4.74 Å². The lowest BCUT2D eigenvalue weighted by Gasteiger charge is -2.24. The van der Waals surface area contributed by atoms with Crippen LogP contribution in [0.15, 0.2) is 18.2 Å². The van der Waals surface area contributed by atoms with Gasteiger partial charge in [-0.25, -0.2) is 0 Å². The molecule has 0 radical (unpaired) electrons. The molecule has 1 heterocycles. The number of ether oxygens (including phenoxy) is 1. The fourth-order valence-electron chi connectivity index (χ4n) is 3.62. The van der Waals surface area contributed by atoms with Crippen LogP contribution in [0.25, 0.3) is 0 Å². The first-order valence-corrected chi connectivity index (χ1v) is 8.01. The van der Waals surface area contributed by atoms with Crippen molar-refractivity contribution in [3.05, 3.63) is 23.8 Å². The largest absolute Gasteiger partial charge is 0.489 e. The molecule has 1 aromatic carbocycles. The molecule has 3 rings (SSSR count). The van der Waals surface area contributed by atoms with Gasteiger partial charge in [0.05, 0.1) is 11.3 Å². The summed E-state index contributed by atoms with van der Waals surface area (Å²) in [6.45, 7) is 5.88. The summed E-state index contributed by atoms with van der Waals surface area (Å²) in [6, 6.07) is 5.99. The summed E-state index contributed by atoms with van der Waals surface area (Å²) in [5, 5.41) is 6.48. The number of hydrogen-bond donors (Lipinski definition) is 2. The predicted octanol–water partition coefficient (Wildman–Crippen LogP) is 3.05. The van der Waals surface area contributed by atoms with E-state index in [9.17, 15) is 4.79 Å². The van der Waals surface area contributed by atoms with Gasteiger partial charge in [-0.15, -0.1) is 0 Å². The molecule has 0 spiro atoms. The Labute approximate surface area is 126 Å². The lowest BCUT2D eigenvalue weighted by molar-refractivity contribution is 0.0922. The zero-order valence-corrected chi connectivity index (χ0v) is 12.8. The number of benzene rings is 1. The maximum absolute atomic E-state index is 12.6. The number of amides is 1. The zero-order chi connectivity index (χ0) is 14.8. The van der Waals surface area contributed by atoms with Gasteiger partial charge < -0.3 is 15.4 Å². The molecule has 1 aromatic rings. The third-order valence-electron chi connectivity index (χ3n) is 4.99. The highest BCUT2D eigenvalue weighted by molar-refractivity contribution is 5.99. The van der Waals surface area contributed by atoms with E-state index in [2.05, 4.69) is 24.5 Å². The van der Waals surface area contributed by atoms with Crippen LogP contribution in [0.2, 0.25) is 0 Å². The van der Waals surface area contributed by atoms with Crippen LogP contribution in [0.1, 0.15) is 43.5 Å². The van der Waals surface area contributed by atoms with Crippen molar-refractivity contribution in [2.75, 3.05) is 18.5 Å². The summed E-state index contributed by atoms with van der Waals surface area (Å²) >= 11 is 0. The second kappa shape index (κ2) is 5.96. The number of carbonyl (C=O) groups excluding carboxylic acids is 1. The number of anilines is 1. The van der Waals surface area contributed by atoms with Gasteiger partial charge in [0, 0.05) is 12.6 Å². The molecule has 3 atom stereocenters. The van der Waals surface area contributed by atoms with E-state index in [1.54, 1.807) is 0 Å². The first-order chi connectivity index (χ1) is 10.2. The highest BCUT2D eigenvalue weighted by Gasteiger charge is 2.33. The molecule has 4 heteroatoms. The van der Waals surface area contributed by atoms with Crippen LogP contribution in [0.3, 0.4) is 0 Å². The predicted molar refractivity (Wildman–Crippen MR) is 83.9 cm³/mol. The molecule has 1 aliphatic heterocycles. The first kappa shape index (κ1) is 14.2. The van der Waals surface area contributed by atoms with Gasteiger partial charge in [-0.05, 0) is 36.8 Å². The van der Waals surface area contributed by atoms with E-state index >= 15 is 0 Å². The highest BCUT2D eigenvalue weighted by Crippen LogP contribution is 2.35. The minimum Gasteiger partial charge on any atom is -0.489 e. The summed E-state index contributed by atoms with van der Waals surface area (Å²) in [4.78, 5) is 12.6. The van der Waals surface area contributed by atoms with Crippen LogP contribution in [-0.4, -0.2) is 25.1 Å². The fraction of sp³-hybridized carbons (Fsp3) is 0.588. The maximum atomic E-state index is 12.6. The van der Waals surface area contributed by atoms with Crippen LogP contribution in [0, 0.1) is 11.8 Å². The number of para-hydroxylation sites is 1. The monoisotopic (exact) mass is 288 g/mol. The number of rotatable bonds is 3. The van der Waals surface area contributed by atoms with Gasteiger partial charge in [-0.2, -0.15) is 0 Å². The van der Waals surface area contributed by atoms with Crippen molar-refractivity contribution in [2.45, 2.75) is 39.2 Å². The molecule has 4 nitrogen and oxygen atoms in total. The Kier molecular flexibility index (Phi) is 4.04. The molecule has 3 unspecified atom stereocenters. The molecule has 1 fully saturated rings. The van der Waals surface area contributed by atoms with Crippen molar-refractivity contribution in [2.24, 2.45) is 11.8 Å². The molecule has 1 amide bonds. The Morgan fingerprint density at radius 2 is 2.29 bits per heavy atom. The van der Waals surface area contributed by atoms with E-state index in [-0.39, 0.29) is 11.9 Å². The van der Waals surface area contributed by atoms with E-state index in [1.807, 2.05) is 18.2 Å². The van der Waals surface area contributed by atoms with Crippen LogP contribution in [-0.2, 0) is 0 Å². The minimum atomic E-state index is -0.0100. The Hall–Kier alpha value is -1.71. The normalized spacial score (nSPS) is 27.4. The van der Waals surface area contributed by atoms with Crippen LogP contribution >= 0.6 is 0 Å². The second-order valence-corrected chi connectivity index (χ2v) is 6.14. The minimum absolute atomic E-state index is 0.0100. The van der Waals surface area contributed by atoms with E-state index in [1.165, 1.54) is 12.8 Å². The Morgan fingerprint density at radius 1 is 1.43 bits per heavy atom. The molecule has 0 saturated heterocycles. The molecule has 21 heavy (non-hydrogen) atoms. The molecular formula is C17H24N2O2. The molecule has 0 aromatic heterocycles. The average Bonchev–Trinajstić information content (AvgIpc) is 2.87. The Bertz CT molecular complexity index is 530. The Morgan fingerprint density at radius 3 is 3.05 bits per heavy atom. The summed E-state index contributed by atoms with van der Waals surface area (Å²) in [5.74, 6) is 1.97. The van der Waals surface area contributed by atoms with Gasteiger partial charge in [-0.1, -0.05) is 26.3 Å². The molecule has 2 aliphatic rings. The first-order valence-electron chi connectivity index (χ1n) is 8.01. The number of fused-ring (bicyclic) bond motifs is 1. The van der Waals surface area contributed by atoms with E-state index in [0.717, 1.165) is 24.6 Å². The molecule has 1 saturated carbocycles. The number of carbonyl (C=O) groups is 1. The zero-order valence-electron chi connectivity index (χ0n) is 12.8. The lowest BCUT2D eigenvalue weighted by atomic mass is 9.93. The van der Waals surface area contributed by atoms with Gasteiger partial charge in [0.1, 0.15) is 6.61 Å². The summed E-state index contributed by atoms with van der Waals surface area (Å²) in [5.41, 5.74) is 1.56. The Balaban J connectivity index is 1.74. The van der Waals surface area contributed by atoms with Crippen molar-refractivity contribution in [3.8, 4) is 5.75 Å². The van der Waals surface area contributed by atoms with Gasteiger partial charge in [0.15, 0.2) is 5.75 Å². The van der Waals surface area contributed by atoms with Crippen molar-refractivity contribution in [3.63, 3.8) is 0 Å². The van der Waals surface area contributed by atoms with Crippen LogP contribution < -0.4 is 15.4 Å². The summed E-state index contributed by atoms with van der Waals surface area (Å²) in [7, 11) is 0. The van der Waals surface area contributed by atoms with Gasteiger partial charge in [0.2, 0.25) is 0 Å². The van der Waals surface area contributed by atoms with Gasteiger partial charge >= 0.3 is 0 Å². The van der Waals surface area contributed by atoms with Gasteiger partial charge in [-0.3, -0.25) is 4.79 Å². The van der Waals surface area contributed by atoms with Crippen LogP contribution in [0.5, 0.6) is 5.75 Å². The molecule has 1 aliphatic carbocycles. The molecule has 114 valence electrons.